The second kappa shape index (κ2) is 3.38. The quantitative estimate of drug-likeness (QED) is 0.429. The lowest BCUT2D eigenvalue weighted by Gasteiger charge is -2.10. The van der Waals surface area contributed by atoms with Crippen LogP contribution in [0, 0.1) is 23.7 Å². The Kier molecular flexibility index (Phi) is 2.08. The molecule has 3 rings (SSSR count). The molecule has 0 unspecified atom stereocenters. The van der Waals surface area contributed by atoms with Gasteiger partial charge in [0.2, 0.25) is 0 Å². The van der Waals surface area contributed by atoms with E-state index in [9.17, 15) is 19.2 Å². The minimum Gasteiger partial charge on any atom is -0.393 e. The average Bonchev–Trinajstić information content (AvgIpc) is 2.59. The van der Waals surface area contributed by atoms with Gasteiger partial charge in [0, 0.05) is 0 Å². The molecule has 4 atom stereocenters. The number of rotatable bonds is 0. The van der Waals surface area contributed by atoms with Crippen LogP contribution < -0.4 is 0 Å². The van der Waals surface area contributed by atoms with E-state index in [1.54, 1.807) is 0 Å². The molecular formula is C11H10O6. The van der Waals surface area contributed by atoms with Gasteiger partial charge in [0.05, 0.1) is 23.7 Å². The van der Waals surface area contributed by atoms with E-state index in [-0.39, 0.29) is 6.42 Å². The lowest BCUT2D eigenvalue weighted by molar-refractivity contribution is -0.155. The van der Waals surface area contributed by atoms with Crippen LogP contribution in [0.3, 0.4) is 0 Å². The number of hydrogen-bond donors (Lipinski definition) is 0. The molecule has 0 aromatic heterocycles. The number of cyclic esters (lactones) is 4. The molecule has 0 spiro atoms. The summed E-state index contributed by atoms with van der Waals surface area (Å²) in [5.74, 6) is -4.36. The van der Waals surface area contributed by atoms with Crippen LogP contribution >= 0.6 is 0 Å². The van der Waals surface area contributed by atoms with Crippen LogP contribution in [0.5, 0.6) is 0 Å². The largest absolute Gasteiger partial charge is 0.393 e. The maximum Gasteiger partial charge on any atom is 0.317 e. The smallest absolute Gasteiger partial charge is 0.317 e. The van der Waals surface area contributed by atoms with Crippen LogP contribution in [-0.2, 0) is 28.7 Å². The second-order valence-electron chi connectivity index (χ2n) is 4.72. The van der Waals surface area contributed by atoms with Crippen molar-refractivity contribution < 1.29 is 28.7 Å². The van der Waals surface area contributed by atoms with E-state index in [2.05, 4.69) is 9.47 Å². The van der Waals surface area contributed by atoms with Gasteiger partial charge < -0.3 is 9.47 Å². The molecule has 0 bridgehead atoms. The molecule has 0 N–H and O–H groups in total. The highest BCUT2D eigenvalue weighted by molar-refractivity contribution is 5.99. The molecule has 0 aromatic carbocycles. The van der Waals surface area contributed by atoms with Crippen molar-refractivity contribution >= 4 is 23.9 Å². The number of hydrogen-bond acceptors (Lipinski definition) is 6. The molecule has 0 amide bonds. The topological polar surface area (TPSA) is 86.7 Å². The van der Waals surface area contributed by atoms with Crippen molar-refractivity contribution in [1.29, 1.82) is 0 Å². The van der Waals surface area contributed by atoms with Crippen molar-refractivity contribution in [3.8, 4) is 0 Å². The summed E-state index contributed by atoms with van der Waals surface area (Å²) in [4.78, 5) is 45.8. The van der Waals surface area contributed by atoms with E-state index >= 15 is 0 Å². The Labute approximate surface area is 96.2 Å². The molecule has 6 heteroatoms. The minimum atomic E-state index is -0.587. The number of fused-ring (bicyclic) bond motifs is 2. The van der Waals surface area contributed by atoms with Crippen LogP contribution in [-0.4, -0.2) is 23.9 Å². The highest BCUT2D eigenvalue weighted by atomic mass is 16.6. The zero-order valence-corrected chi connectivity index (χ0v) is 8.88. The van der Waals surface area contributed by atoms with Gasteiger partial charge >= 0.3 is 23.9 Å². The van der Waals surface area contributed by atoms with Crippen molar-refractivity contribution in [2.24, 2.45) is 23.7 Å². The normalized spacial score (nSPS) is 40.5. The molecular weight excluding hydrogens is 228 g/mol. The van der Waals surface area contributed by atoms with Gasteiger partial charge in [-0.1, -0.05) is 0 Å². The number of carbonyl (C=O) groups excluding carboxylic acids is 4. The van der Waals surface area contributed by atoms with Crippen molar-refractivity contribution in [2.75, 3.05) is 0 Å². The molecule has 1 aliphatic carbocycles. The molecule has 3 aliphatic rings. The fourth-order valence-electron chi connectivity index (χ4n) is 2.95. The monoisotopic (exact) mass is 238 g/mol. The van der Waals surface area contributed by atoms with Crippen molar-refractivity contribution in [2.45, 2.75) is 19.3 Å². The lowest BCUT2D eigenvalue weighted by atomic mass is 9.86. The summed E-state index contributed by atoms with van der Waals surface area (Å²) < 4.78 is 9.12. The van der Waals surface area contributed by atoms with Crippen molar-refractivity contribution in [3.63, 3.8) is 0 Å². The predicted octanol–water partition coefficient (Wildman–Crippen LogP) is -0.198. The average molecular weight is 238 g/mol. The summed E-state index contributed by atoms with van der Waals surface area (Å²) in [6.45, 7) is 0. The molecule has 0 radical (unpaired) electrons. The minimum absolute atomic E-state index is 0.185. The second-order valence-corrected chi connectivity index (χ2v) is 4.72. The van der Waals surface area contributed by atoms with Gasteiger partial charge in [-0.3, -0.25) is 19.2 Å². The van der Waals surface area contributed by atoms with Crippen LogP contribution in [0.25, 0.3) is 0 Å². The molecule has 2 heterocycles. The lowest BCUT2D eigenvalue weighted by Crippen LogP contribution is -2.22. The van der Waals surface area contributed by atoms with E-state index in [0.29, 0.717) is 12.8 Å². The maximum absolute atomic E-state index is 11.5. The standard InChI is InChI=1S/C11H10O6/c12-8-4-1-2-5-7(11(15)17-9(5)13)3-6(4)10(14)16-8/h4-7H,1-3H2/t4-,5+,6+,7-. The highest BCUT2D eigenvalue weighted by Gasteiger charge is 2.54. The summed E-state index contributed by atoms with van der Waals surface area (Å²) in [5.41, 5.74) is 0. The summed E-state index contributed by atoms with van der Waals surface area (Å²) in [5, 5.41) is 0. The zero-order valence-electron chi connectivity index (χ0n) is 8.88. The predicted molar refractivity (Wildman–Crippen MR) is 50.0 cm³/mol. The van der Waals surface area contributed by atoms with Crippen LogP contribution in [0.2, 0.25) is 0 Å². The van der Waals surface area contributed by atoms with Crippen LogP contribution in [0.1, 0.15) is 19.3 Å². The van der Waals surface area contributed by atoms with Gasteiger partial charge in [-0.05, 0) is 19.3 Å². The van der Waals surface area contributed by atoms with Gasteiger partial charge in [-0.15, -0.1) is 0 Å². The number of carbonyl (C=O) groups is 4. The van der Waals surface area contributed by atoms with Crippen molar-refractivity contribution in [3.05, 3.63) is 0 Å². The molecule has 1 saturated carbocycles. The fourth-order valence-corrected chi connectivity index (χ4v) is 2.95. The number of ether oxygens (including phenoxy) is 2. The third kappa shape index (κ3) is 1.40. The Hall–Kier alpha value is -1.72. The Balaban J connectivity index is 1.91. The zero-order chi connectivity index (χ0) is 12.2. The molecule has 6 nitrogen and oxygen atoms in total. The molecule has 3 fully saturated rings. The van der Waals surface area contributed by atoms with E-state index in [1.807, 2.05) is 0 Å². The van der Waals surface area contributed by atoms with E-state index < -0.39 is 47.5 Å². The van der Waals surface area contributed by atoms with Crippen LogP contribution in [0.4, 0.5) is 0 Å². The fraction of sp³-hybridized carbons (Fsp3) is 0.636. The van der Waals surface area contributed by atoms with E-state index in [1.165, 1.54) is 0 Å². The summed E-state index contributed by atoms with van der Waals surface area (Å²) in [6, 6.07) is 0. The van der Waals surface area contributed by atoms with Gasteiger partial charge in [0.25, 0.3) is 0 Å². The third-order valence-electron chi connectivity index (χ3n) is 3.88. The molecule has 0 aromatic rings. The molecule has 2 aliphatic heterocycles. The molecule has 17 heavy (non-hydrogen) atoms. The van der Waals surface area contributed by atoms with Gasteiger partial charge in [0.15, 0.2) is 0 Å². The van der Waals surface area contributed by atoms with Crippen molar-refractivity contribution in [1.82, 2.24) is 0 Å². The van der Waals surface area contributed by atoms with E-state index in [4.69, 9.17) is 0 Å². The Morgan fingerprint density at radius 1 is 0.647 bits per heavy atom. The first-order chi connectivity index (χ1) is 8.08. The third-order valence-corrected chi connectivity index (χ3v) is 3.88. The Morgan fingerprint density at radius 3 is 1.41 bits per heavy atom. The molecule has 2 saturated heterocycles. The summed E-state index contributed by atoms with van der Waals surface area (Å²) >= 11 is 0. The SMILES string of the molecule is O=C1OC(=O)[C@@H]2CC[C@@H]3C(=O)OC(=O)[C@@H]3C[C@H]12. The van der Waals surface area contributed by atoms with Gasteiger partial charge in [0.1, 0.15) is 0 Å². The molecule has 90 valence electrons. The Morgan fingerprint density at radius 2 is 1.00 bits per heavy atom. The summed E-state index contributed by atoms with van der Waals surface area (Å²) in [6.07, 6.45) is 0.988. The van der Waals surface area contributed by atoms with Gasteiger partial charge in [-0.25, -0.2) is 0 Å². The van der Waals surface area contributed by atoms with E-state index in [0.717, 1.165) is 0 Å². The highest BCUT2D eigenvalue weighted by Crippen LogP contribution is 2.43. The summed E-state index contributed by atoms with van der Waals surface area (Å²) in [7, 11) is 0. The first-order valence-corrected chi connectivity index (χ1v) is 5.59. The maximum atomic E-state index is 11.5. The van der Waals surface area contributed by atoms with Gasteiger partial charge in [-0.2, -0.15) is 0 Å². The Bertz CT molecular complexity index is 399. The first-order valence-electron chi connectivity index (χ1n) is 5.59. The number of esters is 4. The first kappa shape index (κ1) is 10.4. The van der Waals surface area contributed by atoms with Crippen LogP contribution in [0.15, 0.2) is 0 Å².